The minimum atomic E-state index is -0.154. The maximum atomic E-state index is 11.2. The van der Waals surface area contributed by atoms with E-state index >= 15 is 0 Å². The molecule has 1 rings (SSSR count). The average Bonchev–Trinajstić information content (AvgIpc) is 2.72. The van der Waals surface area contributed by atoms with E-state index in [1.54, 1.807) is 0 Å². The minimum absolute atomic E-state index is 0.154. The molecule has 1 heterocycles. The maximum absolute atomic E-state index is 11.2. The van der Waals surface area contributed by atoms with Crippen LogP contribution in [0.4, 0.5) is 0 Å². The number of aryl methyl sites for hydroxylation is 2. The van der Waals surface area contributed by atoms with Crippen LogP contribution in [0.1, 0.15) is 44.1 Å². The second-order valence-electron chi connectivity index (χ2n) is 3.97. The SMILES string of the molecule is CCc1nn(CC)c(CC)c1CCC(=O)OC. The summed E-state index contributed by atoms with van der Waals surface area (Å²) in [7, 11) is 1.43. The van der Waals surface area contributed by atoms with Crippen molar-refractivity contribution in [3.8, 4) is 0 Å². The fourth-order valence-electron chi connectivity index (χ4n) is 2.15. The van der Waals surface area contributed by atoms with E-state index in [0.29, 0.717) is 6.42 Å². The monoisotopic (exact) mass is 238 g/mol. The zero-order valence-corrected chi connectivity index (χ0v) is 11.2. The van der Waals surface area contributed by atoms with Gasteiger partial charge in [0.2, 0.25) is 0 Å². The van der Waals surface area contributed by atoms with E-state index in [0.717, 1.165) is 31.5 Å². The number of hydrogen-bond acceptors (Lipinski definition) is 3. The van der Waals surface area contributed by atoms with Crippen molar-refractivity contribution < 1.29 is 9.53 Å². The molecule has 0 bridgehead atoms. The summed E-state index contributed by atoms with van der Waals surface area (Å²) < 4.78 is 6.73. The van der Waals surface area contributed by atoms with Gasteiger partial charge >= 0.3 is 5.97 Å². The van der Waals surface area contributed by atoms with Gasteiger partial charge in [0, 0.05) is 18.7 Å². The summed E-state index contributed by atoms with van der Waals surface area (Å²) in [6.45, 7) is 7.21. The Kier molecular flexibility index (Phi) is 5.19. The van der Waals surface area contributed by atoms with Crippen LogP contribution in [0.5, 0.6) is 0 Å². The van der Waals surface area contributed by atoms with Crippen molar-refractivity contribution in [2.24, 2.45) is 0 Å². The Balaban J connectivity index is 2.94. The quantitative estimate of drug-likeness (QED) is 0.713. The fraction of sp³-hybridized carbons (Fsp3) is 0.692. The molecule has 0 spiro atoms. The van der Waals surface area contributed by atoms with Gasteiger partial charge in [0.05, 0.1) is 12.8 Å². The van der Waals surface area contributed by atoms with Crippen molar-refractivity contribution in [2.75, 3.05) is 7.11 Å². The highest BCUT2D eigenvalue weighted by molar-refractivity contribution is 5.69. The molecule has 1 aromatic heterocycles. The van der Waals surface area contributed by atoms with E-state index in [1.807, 2.05) is 4.68 Å². The molecule has 4 nitrogen and oxygen atoms in total. The zero-order chi connectivity index (χ0) is 12.8. The van der Waals surface area contributed by atoms with Crippen LogP contribution in [0, 0.1) is 0 Å². The van der Waals surface area contributed by atoms with Crippen LogP contribution in [-0.4, -0.2) is 22.9 Å². The lowest BCUT2D eigenvalue weighted by Gasteiger charge is -2.05. The van der Waals surface area contributed by atoms with Crippen molar-refractivity contribution >= 4 is 5.97 Å². The molecule has 1 aromatic rings. The Morgan fingerprint density at radius 1 is 1.29 bits per heavy atom. The Morgan fingerprint density at radius 2 is 2.00 bits per heavy atom. The van der Waals surface area contributed by atoms with Gasteiger partial charge in [-0.25, -0.2) is 0 Å². The molecule has 96 valence electrons. The number of nitrogens with zero attached hydrogens (tertiary/aromatic N) is 2. The Hall–Kier alpha value is -1.32. The number of rotatable bonds is 6. The van der Waals surface area contributed by atoms with Crippen LogP contribution < -0.4 is 0 Å². The number of aromatic nitrogens is 2. The van der Waals surface area contributed by atoms with Gasteiger partial charge in [0.15, 0.2) is 0 Å². The number of carbonyl (C=O) groups is 1. The van der Waals surface area contributed by atoms with Gasteiger partial charge in [-0.2, -0.15) is 5.10 Å². The highest BCUT2D eigenvalue weighted by Crippen LogP contribution is 2.18. The smallest absolute Gasteiger partial charge is 0.305 e. The molecule has 0 fully saturated rings. The van der Waals surface area contributed by atoms with Crippen LogP contribution in [-0.2, 0) is 35.3 Å². The second-order valence-corrected chi connectivity index (χ2v) is 3.97. The molecule has 0 aliphatic rings. The summed E-state index contributed by atoms with van der Waals surface area (Å²) in [6.07, 6.45) is 3.04. The van der Waals surface area contributed by atoms with E-state index in [9.17, 15) is 4.79 Å². The second kappa shape index (κ2) is 6.42. The van der Waals surface area contributed by atoms with Crippen LogP contribution in [0.3, 0.4) is 0 Å². The lowest BCUT2D eigenvalue weighted by atomic mass is 10.0. The lowest BCUT2D eigenvalue weighted by Crippen LogP contribution is -2.05. The van der Waals surface area contributed by atoms with Crippen LogP contribution in [0.15, 0.2) is 0 Å². The Morgan fingerprint density at radius 3 is 2.47 bits per heavy atom. The summed E-state index contributed by atoms with van der Waals surface area (Å²) in [5, 5.41) is 4.59. The first kappa shape index (κ1) is 13.7. The molecule has 0 unspecified atom stereocenters. The van der Waals surface area contributed by atoms with Gasteiger partial charge in [-0.15, -0.1) is 0 Å². The number of ether oxygens (including phenoxy) is 1. The normalized spacial score (nSPS) is 10.6. The van der Waals surface area contributed by atoms with Gasteiger partial charge in [0.1, 0.15) is 0 Å². The molecular formula is C13H22N2O2. The molecule has 0 atom stereocenters. The molecule has 0 saturated carbocycles. The van der Waals surface area contributed by atoms with Crippen LogP contribution in [0.2, 0.25) is 0 Å². The third-order valence-electron chi connectivity index (χ3n) is 3.03. The van der Waals surface area contributed by atoms with Crippen molar-refractivity contribution in [2.45, 2.75) is 53.0 Å². The molecule has 17 heavy (non-hydrogen) atoms. The van der Waals surface area contributed by atoms with Crippen LogP contribution >= 0.6 is 0 Å². The summed E-state index contributed by atoms with van der Waals surface area (Å²) in [5.41, 5.74) is 3.61. The van der Waals surface area contributed by atoms with Crippen molar-refractivity contribution in [1.82, 2.24) is 9.78 Å². The number of hydrogen-bond donors (Lipinski definition) is 0. The molecule has 0 N–H and O–H groups in total. The zero-order valence-electron chi connectivity index (χ0n) is 11.2. The lowest BCUT2D eigenvalue weighted by molar-refractivity contribution is -0.140. The van der Waals surface area contributed by atoms with E-state index < -0.39 is 0 Å². The van der Waals surface area contributed by atoms with E-state index in [1.165, 1.54) is 18.4 Å². The molecule has 0 aromatic carbocycles. The predicted molar refractivity (Wildman–Crippen MR) is 67.0 cm³/mol. The van der Waals surface area contributed by atoms with Crippen molar-refractivity contribution in [1.29, 1.82) is 0 Å². The van der Waals surface area contributed by atoms with E-state index in [-0.39, 0.29) is 5.97 Å². The highest BCUT2D eigenvalue weighted by Gasteiger charge is 2.15. The summed E-state index contributed by atoms with van der Waals surface area (Å²) in [5.74, 6) is -0.154. The molecule has 0 aliphatic carbocycles. The first-order valence-electron chi connectivity index (χ1n) is 6.32. The summed E-state index contributed by atoms with van der Waals surface area (Å²) in [4.78, 5) is 11.2. The first-order chi connectivity index (χ1) is 8.17. The number of methoxy groups -OCH3 is 1. The predicted octanol–water partition coefficient (Wildman–Crippen LogP) is 2.13. The highest BCUT2D eigenvalue weighted by atomic mass is 16.5. The van der Waals surface area contributed by atoms with Gasteiger partial charge in [-0.05, 0) is 31.7 Å². The molecule has 0 aliphatic heterocycles. The number of esters is 1. The molecule has 0 radical (unpaired) electrons. The van der Waals surface area contributed by atoms with E-state index in [2.05, 4.69) is 30.6 Å². The van der Waals surface area contributed by atoms with Gasteiger partial charge in [0.25, 0.3) is 0 Å². The van der Waals surface area contributed by atoms with Crippen molar-refractivity contribution in [3.05, 3.63) is 17.0 Å². The Bertz CT molecular complexity index is 383. The van der Waals surface area contributed by atoms with Gasteiger partial charge < -0.3 is 4.74 Å². The summed E-state index contributed by atoms with van der Waals surface area (Å²) in [6, 6.07) is 0. The summed E-state index contributed by atoms with van der Waals surface area (Å²) >= 11 is 0. The van der Waals surface area contributed by atoms with Crippen LogP contribution in [0.25, 0.3) is 0 Å². The third kappa shape index (κ3) is 3.08. The maximum Gasteiger partial charge on any atom is 0.305 e. The first-order valence-corrected chi connectivity index (χ1v) is 6.32. The fourth-order valence-corrected chi connectivity index (χ4v) is 2.15. The molecule has 0 amide bonds. The third-order valence-corrected chi connectivity index (χ3v) is 3.03. The largest absolute Gasteiger partial charge is 0.469 e. The number of carbonyl (C=O) groups excluding carboxylic acids is 1. The van der Waals surface area contributed by atoms with Gasteiger partial charge in [-0.1, -0.05) is 13.8 Å². The van der Waals surface area contributed by atoms with Crippen molar-refractivity contribution in [3.63, 3.8) is 0 Å². The molecule has 0 saturated heterocycles. The van der Waals surface area contributed by atoms with Gasteiger partial charge in [-0.3, -0.25) is 9.48 Å². The Labute approximate surface area is 103 Å². The minimum Gasteiger partial charge on any atom is -0.469 e. The molecule has 4 heteroatoms. The standard InChI is InChI=1S/C13H22N2O2/c1-5-11-10(8-9-13(16)17-4)12(6-2)15(7-3)14-11/h5-9H2,1-4H3. The average molecular weight is 238 g/mol. The molecular weight excluding hydrogens is 216 g/mol. The topological polar surface area (TPSA) is 44.1 Å². The van der Waals surface area contributed by atoms with E-state index in [4.69, 9.17) is 0 Å².